The first-order valence-corrected chi connectivity index (χ1v) is 12.3. The van der Waals surface area contributed by atoms with Gasteiger partial charge in [-0.2, -0.15) is 0 Å². The standard InChI is InChI=1S/C26H28N4O8/c1-26(2,3)38-24(33)20-15(11-16-13-28(25(34)37-4)21-19(16)29(20)23(21)32)10-14-8-9-27(22(14)31)17-6-5-7-18(12-17)30(35)36/h5-7,10,12,16,19,21H,8-9,11,13H2,1-4H3/b14-10+/t16?,19-,21?/m1/s1. The average molecular weight is 525 g/mol. The lowest BCUT2D eigenvalue weighted by Crippen LogP contribution is -2.69. The van der Waals surface area contributed by atoms with Crippen LogP contribution in [0.3, 0.4) is 0 Å². The number of non-ortho nitro benzene ring substituents is 1. The van der Waals surface area contributed by atoms with Gasteiger partial charge in [0.05, 0.1) is 23.8 Å². The maximum absolute atomic E-state index is 13.3. The molecule has 3 fully saturated rings. The van der Waals surface area contributed by atoms with Crippen molar-refractivity contribution < 1.29 is 33.6 Å². The zero-order valence-corrected chi connectivity index (χ0v) is 21.5. The third-order valence-corrected chi connectivity index (χ3v) is 7.22. The van der Waals surface area contributed by atoms with Crippen molar-refractivity contribution in [1.82, 2.24) is 9.80 Å². The van der Waals surface area contributed by atoms with Crippen molar-refractivity contribution in [2.45, 2.75) is 51.3 Å². The van der Waals surface area contributed by atoms with Gasteiger partial charge in [0.2, 0.25) is 0 Å². The number of nitro benzene ring substituents is 1. The second-order valence-corrected chi connectivity index (χ2v) is 10.8. The van der Waals surface area contributed by atoms with E-state index in [-0.39, 0.29) is 35.8 Å². The van der Waals surface area contributed by atoms with Crippen LogP contribution >= 0.6 is 0 Å². The summed E-state index contributed by atoms with van der Waals surface area (Å²) in [7, 11) is 1.25. The number of hydrogen-bond acceptors (Lipinski definition) is 8. The number of carbonyl (C=O) groups excluding carboxylic acids is 4. The molecule has 0 radical (unpaired) electrons. The number of esters is 1. The molecule has 38 heavy (non-hydrogen) atoms. The Balaban J connectivity index is 1.50. The van der Waals surface area contributed by atoms with Crippen molar-refractivity contribution in [3.05, 3.63) is 57.3 Å². The third-order valence-electron chi connectivity index (χ3n) is 7.22. The summed E-state index contributed by atoms with van der Waals surface area (Å²) in [5, 5.41) is 11.2. The minimum atomic E-state index is -0.817. The second-order valence-electron chi connectivity index (χ2n) is 10.8. The maximum atomic E-state index is 13.3. The SMILES string of the molecule is COC(=O)N1CC2CC(/C=C3\CCN(c4cccc([N+](=O)[O-])c4)C3=O)=C(C(=O)OC(C)(C)C)N3C(=O)C1[C@@H]23. The van der Waals surface area contributed by atoms with E-state index < -0.39 is 34.5 Å². The van der Waals surface area contributed by atoms with Crippen LogP contribution in [-0.4, -0.2) is 76.5 Å². The number of nitrogens with zero attached hydrogens (tertiary/aromatic N) is 4. The van der Waals surface area contributed by atoms with E-state index in [9.17, 15) is 29.3 Å². The lowest BCUT2D eigenvalue weighted by Gasteiger charge is -2.49. The van der Waals surface area contributed by atoms with Crippen LogP contribution in [0.4, 0.5) is 16.2 Å². The molecule has 1 aromatic carbocycles. The minimum Gasteiger partial charge on any atom is -0.455 e. The summed E-state index contributed by atoms with van der Waals surface area (Å²) in [5.74, 6) is -1.54. The first kappa shape index (κ1) is 25.4. The van der Waals surface area contributed by atoms with Gasteiger partial charge in [0, 0.05) is 36.7 Å². The highest BCUT2D eigenvalue weighted by molar-refractivity contribution is 6.09. The van der Waals surface area contributed by atoms with Crippen molar-refractivity contribution in [1.29, 1.82) is 0 Å². The van der Waals surface area contributed by atoms with E-state index in [0.29, 0.717) is 36.2 Å². The number of allylic oxidation sites excluding steroid dienone is 2. The van der Waals surface area contributed by atoms with E-state index in [1.807, 2.05) is 0 Å². The second kappa shape index (κ2) is 8.96. The lowest BCUT2D eigenvalue weighted by molar-refractivity contribution is -0.384. The molecule has 0 N–H and O–H groups in total. The largest absolute Gasteiger partial charge is 0.455 e. The molecule has 4 heterocycles. The van der Waals surface area contributed by atoms with Gasteiger partial charge in [-0.25, -0.2) is 9.59 Å². The van der Waals surface area contributed by atoms with E-state index >= 15 is 0 Å². The van der Waals surface area contributed by atoms with Gasteiger partial charge in [0.25, 0.3) is 17.5 Å². The Morgan fingerprint density at radius 1 is 1.21 bits per heavy atom. The molecular formula is C26H28N4O8. The predicted molar refractivity (Wildman–Crippen MR) is 133 cm³/mol. The van der Waals surface area contributed by atoms with Gasteiger partial charge in [-0.15, -0.1) is 0 Å². The molecule has 4 aliphatic heterocycles. The highest BCUT2D eigenvalue weighted by atomic mass is 16.6. The minimum absolute atomic E-state index is 0.0863. The summed E-state index contributed by atoms with van der Waals surface area (Å²) in [6, 6.07) is 4.78. The molecule has 0 saturated carbocycles. The number of carbonyl (C=O) groups is 4. The number of amides is 3. The molecule has 0 bridgehead atoms. The van der Waals surface area contributed by atoms with Crippen LogP contribution in [0.15, 0.2) is 47.2 Å². The lowest BCUT2D eigenvalue weighted by atomic mass is 9.79. The number of nitro groups is 1. The smallest absolute Gasteiger partial charge is 0.410 e. The van der Waals surface area contributed by atoms with Gasteiger partial charge in [0.15, 0.2) is 0 Å². The Bertz CT molecular complexity index is 1330. The van der Waals surface area contributed by atoms with Crippen molar-refractivity contribution in [2.24, 2.45) is 5.92 Å². The summed E-state index contributed by atoms with van der Waals surface area (Å²) in [6.07, 6.45) is 1.75. The summed E-state index contributed by atoms with van der Waals surface area (Å²) >= 11 is 0. The van der Waals surface area contributed by atoms with E-state index in [2.05, 4.69) is 0 Å². The molecule has 200 valence electrons. The number of anilines is 1. The Hall–Kier alpha value is -4.22. The van der Waals surface area contributed by atoms with Crippen molar-refractivity contribution in [3.8, 4) is 0 Å². The zero-order chi connectivity index (χ0) is 27.5. The molecule has 3 amide bonds. The number of rotatable bonds is 4. The normalized spacial score (nSPS) is 25.5. The summed E-state index contributed by atoms with van der Waals surface area (Å²) < 4.78 is 10.5. The molecule has 12 nitrogen and oxygen atoms in total. The third kappa shape index (κ3) is 4.09. The number of likely N-dealkylation sites (tertiary alicyclic amines) is 1. The summed E-state index contributed by atoms with van der Waals surface area (Å²) in [5.41, 5.74) is 0.457. The van der Waals surface area contributed by atoms with Gasteiger partial charge >= 0.3 is 12.1 Å². The van der Waals surface area contributed by atoms with Crippen LogP contribution in [-0.2, 0) is 23.9 Å². The first-order chi connectivity index (χ1) is 17.9. The van der Waals surface area contributed by atoms with Crippen LogP contribution in [0.2, 0.25) is 0 Å². The first-order valence-electron chi connectivity index (χ1n) is 12.3. The van der Waals surface area contributed by atoms with Crippen molar-refractivity contribution >= 4 is 35.3 Å². The zero-order valence-electron chi connectivity index (χ0n) is 21.5. The van der Waals surface area contributed by atoms with Crippen LogP contribution < -0.4 is 4.90 Å². The molecule has 0 aromatic heterocycles. The molecule has 1 aromatic rings. The predicted octanol–water partition coefficient (Wildman–Crippen LogP) is 2.54. The number of β-lactam (4-membered cyclic amide) rings is 1. The van der Waals surface area contributed by atoms with Crippen LogP contribution in [0, 0.1) is 16.0 Å². The summed E-state index contributed by atoms with van der Waals surface area (Å²) in [4.78, 5) is 67.1. The van der Waals surface area contributed by atoms with E-state index in [0.717, 1.165) is 0 Å². The van der Waals surface area contributed by atoms with Gasteiger partial charge in [-0.05, 0) is 51.3 Å². The van der Waals surface area contributed by atoms with E-state index in [4.69, 9.17) is 9.47 Å². The van der Waals surface area contributed by atoms with Crippen LogP contribution in [0.25, 0.3) is 0 Å². The van der Waals surface area contributed by atoms with Gasteiger partial charge in [-0.3, -0.25) is 29.5 Å². The highest BCUT2D eigenvalue weighted by Crippen LogP contribution is 2.48. The molecule has 0 aliphatic carbocycles. The molecule has 4 aliphatic rings. The molecular weight excluding hydrogens is 496 g/mol. The van der Waals surface area contributed by atoms with Gasteiger partial charge in [-0.1, -0.05) is 6.07 Å². The Morgan fingerprint density at radius 3 is 2.61 bits per heavy atom. The Kier molecular flexibility index (Phi) is 6.00. The Labute approximate surface area is 218 Å². The number of ether oxygens (including phenoxy) is 2. The van der Waals surface area contributed by atoms with Crippen LogP contribution in [0.5, 0.6) is 0 Å². The van der Waals surface area contributed by atoms with Crippen molar-refractivity contribution in [2.75, 3.05) is 25.1 Å². The summed E-state index contributed by atoms with van der Waals surface area (Å²) in [6.45, 7) is 5.77. The average Bonchev–Trinajstić information content (AvgIpc) is 3.40. The quantitative estimate of drug-likeness (QED) is 0.192. The fourth-order valence-corrected chi connectivity index (χ4v) is 5.70. The molecule has 3 saturated heterocycles. The number of benzene rings is 1. The van der Waals surface area contributed by atoms with Gasteiger partial charge < -0.3 is 14.4 Å². The fourth-order valence-electron chi connectivity index (χ4n) is 5.70. The van der Waals surface area contributed by atoms with Crippen LogP contribution in [0.1, 0.15) is 33.6 Å². The highest BCUT2D eigenvalue weighted by Gasteiger charge is 2.64. The van der Waals surface area contributed by atoms with Gasteiger partial charge in [0.1, 0.15) is 17.3 Å². The monoisotopic (exact) mass is 524 g/mol. The Morgan fingerprint density at radius 2 is 1.95 bits per heavy atom. The molecule has 5 rings (SSSR count). The number of hydrogen-bond donors (Lipinski definition) is 0. The molecule has 3 atom stereocenters. The van der Waals surface area contributed by atoms with E-state index in [1.54, 1.807) is 32.9 Å². The topological polar surface area (TPSA) is 140 Å². The van der Waals surface area contributed by atoms with E-state index in [1.165, 1.54) is 40.0 Å². The number of methoxy groups -OCH3 is 1. The fraction of sp³-hybridized carbons (Fsp3) is 0.462. The molecule has 0 spiro atoms. The van der Waals surface area contributed by atoms with Crippen molar-refractivity contribution in [3.63, 3.8) is 0 Å². The molecule has 2 unspecified atom stereocenters. The molecule has 12 heteroatoms. The maximum Gasteiger partial charge on any atom is 0.410 e.